The third-order valence-electron chi connectivity index (χ3n) is 3.48. The van der Waals surface area contributed by atoms with Gasteiger partial charge in [-0.15, -0.1) is 0 Å². The summed E-state index contributed by atoms with van der Waals surface area (Å²) in [6, 6.07) is 1.90. The lowest BCUT2D eigenvalue weighted by atomic mass is 10.1. The summed E-state index contributed by atoms with van der Waals surface area (Å²) in [5, 5.41) is 3.44. The molecule has 0 N–H and O–H groups in total. The van der Waals surface area contributed by atoms with Gasteiger partial charge in [0.25, 0.3) is 0 Å². The molecule has 0 radical (unpaired) electrons. The largest absolute Gasteiger partial charge is 0.268 e. The van der Waals surface area contributed by atoms with Crippen LogP contribution in [0.1, 0.15) is 24.3 Å². The van der Waals surface area contributed by atoms with Crippen molar-refractivity contribution in [2.45, 2.75) is 38.4 Å². The quantitative estimate of drug-likeness (QED) is 0.745. The zero-order chi connectivity index (χ0) is 13.1. The molecule has 2 aromatic rings. The van der Waals surface area contributed by atoms with Crippen LogP contribution in [0.3, 0.4) is 0 Å². The highest BCUT2D eigenvalue weighted by atomic mass is 79.9. The fraction of sp³-hybridized carbons (Fsp3) is 0.462. The molecule has 1 aliphatic rings. The van der Waals surface area contributed by atoms with Crippen LogP contribution >= 0.6 is 27.7 Å². The first-order valence-electron chi connectivity index (χ1n) is 6.26. The maximum absolute atomic E-state index is 6.41. The lowest BCUT2D eigenvalue weighted by Crippen LogP contribution is -2.42. The van der Waals surface area contributed by atoms with E-state index >= 15 is 0 Å². The van der Waals surface area contributed by atoms with Crippen molar-refractivity contribution in [3.05, 3.63) is 22.8 Å². The number of hydrogen-bond donors (Lipinski definition) is 0. The summed E-state index contributed by atoms with van der Waals surface area (Å²) in [6.07, 6.45) is 4.36. The van der Waals surface area contributed by atoms with E-state index in [4.69, 9.17) is 11.6 Å². The van der Waals surface area contributed by atoms with Crippen molar-refractivity contribution in [2.24, 2.45) is 0 Å². The van der Waals surface area contributed by atoms with Crippen molar-refractivity contribution < 1.29 is 0 Å². The number of halogens is 2. The average molecular weight is 344 g/mol. The second-order valence-corrected chi connectivity index (χ2v) is 12.1. The Hall–Kier alpha value is -0.323. The Morgan fingerprint density at radius 3 is 2.61 bits per heavy atom. The summed E-state index contributed by atoms with van der Waals surface area (Å²) in [5.74, 6) is 0.690. The van der Waals surface area contributed by atoms with E-state index in [0.717, 1.165) is 16.1 Å². The van der Waals surface area contributed by atoms with E-state index < -0.39 is 8.07 Å². The van der Waals surface area contributed by atoms with E-state index in [1.165, 1.54) is 23.7 Å². The van der Waals surface area contributed by atoms with Crippen molar-refractivity contribution in [1.29, 1.82) is 0 Å². The highest BCUT2D eigenvalue weighted by Crippen LogP contribution is 2.45. The minimum atomic E-state index is -1.43. The van der Waals surface area contributed by atoms with Crippen molar-refractivity contribution in [2.75, 3.05) is 0 Å². The molecule has 1 saturated carbocycles. The first-order chi connectivity index (χ1) is 8.41. The van der Waals surface area contributed by atoms with Crippen LogP contribution in [0.25, 0.3) is 11.0 Å². The topological polar surface area (TPSA) is 17.8 Å². The number of rotatable bonds is 2. The normalized spacial score (nSPS) is 16.5. The monoisotopic (exact) mass is 342 g/mol. The Labute approximate surface area is 122 Å². The molecule has 0 saturated heterocycles. The van der Waals surface area contributed by atoms with Crippen molar-refractivity contribution in [3.63, 3.8) is 0 Å². The lowest BCUT2D eigenvalue weighted by Gasteiger charge is -2.19. The Morgan fingerprint density at radius 1 is 1.39 bits per heavy atom. The van der Waals surface area contributed by atoms with E-state index in [0.29, 0.717) is 5.92 Å². The van der Waals surface area contributed by atoms with E-state index in [-0.39, 0.29) is 0 Å². The van der Waals surface area contributed by atoms with Gasteiger partial charge in [-0.25, -0.2) is 4.98 Å². The molecule has 3 rings (SSSR count). The number of nitrogens with zero attached hydrogens (tertiary/aromatic N) is 2. The molecule has 2 nitrogen and oxygen atoms in total. The van der Waals surface area contributed by atoms with Crippen LogP contribution in [0.5, 0.6) is 0 Å². The fourth-order valence-corrected chi connectivity index (χ4v) is 6.75. The summed E-state index contributed by atoms with van der Waals surface area (Å²) in [7, 11) is -1.43. The van der Waals surface area contributed by atoms with E-state index in [2.05, 4.69) is 44.4 Å². The molecule has 0 spiro atoms. The second-order valence-electron chi connectivity index (χ2n) is 6.06. The molecule has 18 heavy (non-hydrogen) atoms. The van der Waals surface area contributed by atoms with Crippen LogP contribution < -0.4 is 5.32 Å². The third kappa shape index (κ3) is 1.85. The van der Waals surface area contributed by atoms with Gasteiger partial charge in [-0.3, -0.25) is 3.59 Å². The maximum atomic E-state index is 6.41. The van der Waals surface area contributed by atoms with Crippen LogP contribution in [-0.4, -0.2) is 16.7 Å². The van der Waals surface area contributed by atoms with Gasteiger partial charge in [0.2, 0.25) is 0 Å². The minimum Gasteiger partial charge on any atom is -0.268 e. The molecule has 2 aromatic heterocycles. The molecular formula is C13H16BrClN2Si. The molecule has 0 atom stereocenters. The van der Waals surface area contributed by atoms with Gasteiger partial charge < -0.3 is 0 Å². The Morgan fingerprint density at radius 2 is 2.06 bits per heavy atom. The van der Waals surface area contributed by atoms with Gasteiger partial charge in [-0.1, -0.05) is 31.2 Å². The molecule has 0 unspecified atom stereocenters. The molecule has 1 aliphatic carbocycles. The average Bonchev–Trinajstić information content (AvgIpc) is 3.03. The van der Waals surface area contributed by atoms with Crippen LogP contribution in [0.15, 0.2) is 12.3 Å². The maximum Gasteiger partial charge on any atom is 0.151 e. The molecule has 0 amide bonds. The van der Waals surface area contributed by atoms with Crippen molar-refractivity contribution in [1.82, 2.24) is 8.58 Å². The van der Waals surface area contributed by atoms with Gasteiger partial charge in [-0.2, -0.15) is 0 Å². The first-order valence-corrected chi connectivity index (χ1v) is 10.9. The summed E-state index contributed by atoms with van der Waals surface area (Å²) < 4.78 is 2.11. The number of fused-ring (bicyclic) bond motifs is 1. The van der Waals surface area contributed by atoms with Gasteiger partial charge >= 0.3 is 0 Å². The fourth-order valence-electron chi connectivity index (χ4n) is 2.62. The van der Waals surface area contributed by atoms with Gasteiger partial charge in [0.1, 0.15) is 8.07 Å². The van der Waals surface area contributed by atoms with Crippen LogP contribution in [0.4, 0.5) is 0 Å². The number of aromatic nitrogens is 2. The van der Waals surface area contributed by atoms with E-state index in [1.54, 1.807) is 6.20 Å². The zero-order valence-corrected chi connectivity index (χ0v) is 14.1. The Kier molecular flexibility index (Phi) is 2.88. The van der Waals surface area contributed by atoms with Crippen molar-refractivity contribution in [3.8, 4) is 0 Å². The summed E-state index contributed by atoms with van der Waals surface area (Å²) in [5.41, 5.74) is 2.43. The Bertz CT molecular complexity index is 626. The summed E-state index contributed by atoms with van der Waals surface area (Å²) in [6.45, 7) is 7.12. The molecular weight excluding hydrogens is 328 g/mol. The van der Waals surface area contributed by atoms with Crippen molar-refractivity contribution >= 4 is 52.2 Å². The van der Waals surface area contributed by atoms with Gasteiger partial charge in [0.15, 0.2) is 5.65 Å². The molecule has 1 fully saturated rings. The molecule has 5 heteroatoms. The smallest absolute Gasteiger partial charge is 0.151 e. The Balaban J connectivity index is 2.44. The van der Waals surface area contributed by atoms with Gasteiger partial charge in [-0.05, 0) is 30.4 Å². The third-order valence-corrected chi connectivity index (χ3v) is 6.73. The standard InChI is InChI=1S/C13H16BrClN2Si/c1-18(2,3)13-10(8-4-5-8)11-9(15)6-7-16-12(11)17(13)14/h6-8H,4-5H2,1-3H3. The van der Waals surface area contributed by atoms with Gasteiger partial charge in [0, 0.05) is 16.9 Å². The first kappa shape index (κ1) is 12.7. The van der Waals surface area contributed by atoms with E-state index in [1.807, 2.05) is 6.07 Å². The lowest BCUT2D eigenvalue weighted by molar-refractivity contribution is 1.16. The summed E-state index contributed by atoms with van der Waals surface area (Å²) in [4.78, 5) is 4.50. The second kappa shape index (κ2) is 4.08. The van der Waals surface area contributed by atoms with E-state index in [9.17, 15) is 0 Å². The molecule has 0 bridgehead atoms. The highest BCUT2D eigenvalue weighted by molar-refractivity contribution is 9.08. The number of hydrogen-bond acceptors (Lipinski definition) is 1. The predicted molar refractivity (Wildman–Crippen MR) is 84.0 cm³/mol. The van der Waals surface area contributed by atoms with Gasteiger partial charge in [0.05, 0.1) is 21.2 Å². The summed E-state index contributed by atoms with van der Waals surface area (Å²) >= 11 is 10.1. The van der Waals surface area contributed by atoms with Crippen LogP contribution in [0.2, 0.25) is 24.7 Å². The molecule has 0 aromatic carbocycles. The highest BCUT2D eigenvalue weighted by Gasteiger charge is 2.36. The SMILES string of the molecule is C[Si](C)(C)c1c(C2CC2)c2c(Cl)ccnc2n1Br. The molecule has 0 aliphatic heterocycles. The van der Waals surface area contributed by atoms with Crippen LogP contribution in [0, 0.1) is 0 Å². The minimum absolute atomic E-state index is 0.690. The van der Waals surface area contributed by atoms with Crippen LogP contribution in [-0.2, 0) is 0 Å². The predicted octanol–water partition coefficient (Wildman–Crippen LogP) is 4.27. The molecule has 2 heterocycles. The molecule has 96 valence electrons. The zero-order valence-electron chi connectivity index (χ0n) is 10.8. The number of pyridine rings is 1.